The third-order valence-electron chi connectivity index (χ3n) is 2.49. The van der Waals surface area contributed by atoms with Crippen LogP contribution in [0.25, 0.3) is 0 Å². The zero-order valence-corrected chi connectivity index (χ0v) is 10.6. The van der Waals surface area contributed by atoms with E-state index in [2.05, 4.69) is 15.3 Å². The number of hydrogen-bond donors (Lipinski definition) is 1. The molecule has 1 aliphatic rings. The molecule has 0 amide bonds. The normalized spacial score (nSPS) is 19.9. The van der Waals surface area contributed by atoms with Crippen LogP contribution in [-0.2, 0) is 9.84 Å². The number of halogens is 2. The van der Waals surface area contributed by atoms with Crippen LogP contribution in [-0.4, -0.2) is 37.2 Å². The van der Waals surface area contributed by atoms with Gasteiger partial charge in [0.25, 0.3) is 0 Å². The van der Waals surface area contributed by atoms with Gasteiger partial charge < -0.3 is 5.32 Å². The van der Waals surface area contributed by atoms with Gasteiger partial charge in [0.1, 0.15) is 0 Å². The van der Waals surface area contributed by atoms with Crippen LogP contribution in [0.2, 0.25) is 0 Å². The molecule has 1 N–H and O–H groups in total. The number of sulfone groups is 1. The molecule has 2 rings (SSSR count). The average Bonchev–Trinajstić information content (AvgIpc) is 2.70. The summed E-state index contributed by atoms with van der Waals surface area (Å²) < 4.78 is 36.2. The van der Waals surface area contributed by atoms with Crippen molar-refractivity contribution in [2.45, 2.75) is 11.6 Å². The van der Waals surface area contributed by atoms with E-state index in [1.807, 2.05) is 0 Å². The molecule has 8 heteroatoms. The first-order valence-corrected chi connectivity index (χ1v) is 6.64. The summed E-state index contributed by atoms with van der Waals surface area (Å²) in [5, 5.41) is 2.80. The summed E-state index contributed by atoms with van der Waals surface area (Å²) in [5.74, 6) is -0.522. The van der Waals surface area contributed by atoms with E-state index in [-0.39, 0.29) is 29.2 Å². The number of nitrogens with zero attached hydrogens (tertiary/aromatic N) is 2. The molecule has 5 nitrogen and oxygen atoms in total. The molecular formula is C9H13ClFN3O2S. The van der Waals surface area contributed by atoms with Crippen molar-refractivity contribution in [3.05, 3.63) is 18.2 Å². The molecule has 1 fully saturated rings. The summed E-state index contributed by atoms with van der Waals surface area (Å²) in [6, 6.07) is 0. The second-order valence-corrected chi connectivity index (χ2v) is 5.75. The molecule has 1 aliphatic heterocycles. The largest absolute Gasteiger partial charge is 0.316 e. The molecule has 17 heavy (non-hydrogen) atoms. The molecule has 1 saturated heterocycles. The van der Waals surface area contributed by atoms with E-state index in [4.69, 9.17) is 0 Å². The minimum atomic E-state index is -3.49. The molecule has 1 unspecified atom stereocenters. The van der Waals surface area contributed by atoms with Gasteiger partial charge in [-0.05, 0) is 25.4 Å². The lowest BCUT2D eigenvalue weighted by atomic mass is 10.2. The molecule has 0 spiro atoms. The van der Waals surface area contributed by atoms with Crippen LogP contribution in [0.4, 0.5) is 4.39 Å². The van der Waals surface area contributed by atoms with Crippen molar-refractivity contribution in [3.8, 4) is 0 Å². The Labute approximate surface area is 105 Å². The van der Waals surface area contributed by atoms with Gasteiger partial charge in [-0.15, -0.1) is 12.4 Å². The zero-order valence-electron chi connectivity index (χ0n) is 8.97. The fourth-order valence-corrected chi connectivity index (χ4v) is 3.18. The molecule has 96 valence electrons. The third-order valence-corrected chi connectivity index (χ3v) is 4.17. The minimum absolute atomic E-state index is 0. The van der Waals surface area contributed by atoms with E-state index in [0.29, 0.717) is 6.54 Å². The highest BCUT2D eigenvalue weighted by molar-refractivity contribution is 7.91. The quantitative estimate of drug-likeness (QED) is 0.813. The van der Waals surface area contributed by atoms with Crippen molar-refractivity contribution in [2.24, 2.45) is 5.92 Å². The zero-order chi connectivity index (χ0) is 11.6. The molecule has 0 radical (unpaired) electrons. The highest BCUT2D eigenvalue weighted by Gasteiger charge is 2.25. The highest BCUT2D eigenvalue weighted by Crippen LogP contribution is 2.14. The maximum atomic E-state index is 12.5. The van der Waals surface area contributed by atoms with Crippen molar-refractivity contribution < 1.29 is 12.8 Å². The average molecular weight is 282 g/mol. The predicted octanol–water partition coefficient (Wildman–Crippen LogP) is 0.421. The Balaban J connectivity index is 0.00000144. The SMILES string of the molecule is Cl.O=S(=O)(CC1CCNC1)c1ncc(F)cn1. The van der Waals surface area contributed by atoms with Crippen molar-refractivity contribution in [2.75, 3.05) is 18.8 Å². The first-order chi connectivity index (χ1) is 7.58. The predicted molar refractivity (Wildman–Crippen MR) is 62.3 cm³/mol. The molecule has 1 atom stereocenters. The van der Waals surface area contributed by atoms with Crippen LogP contribution in [0.3, 0.4) is 0 Å². The Morgan fingerprint density at radius 2 is 2.06 bits per heavy atom. The van der Waals surface area contributed by atoms with E-state index in [9.17, 15) is 12.8 Å². The molecule has 0 bridgehead atoms. The third kappa shape index (κ3) is 3.58. The molecule has 2 heterocycles. The Kier molecular flexibility index (Phi) is 4.79. The Morgan fingerprint density at radius 3 is 2.59 bits per heavy atom. The van der Waals surface area contributed by atoms with Gasteiger partial charge in [-0.1, -0.05) is 0 Å². The molecule has 1 aromatic heterocycles. The van der Waals surface area contributed by atoms with Gasteiger partial charge in [0.2, 0.25) is 15.0 Å². The number of rotatable bonds is 3. The summed E-state index contributed by atoms with van der Waals surface area (Å²) >= 11 is 0. The summed E-state index contributed by atoms with van der Waals surface area (Å²) in [5.41, 5.74) is 0. The lowest BCUT2D eigenvalue weighted by Gasteiger charge is -2.07. The van der Waals surface area contributed by atoms with E-state index >= 15 is 0 Å². The number of nitrogens with one attached hydrogen (secondary N) is 1. The maximum absolute atomic E-state index is 12.5. The van der Waals surface area contributed by atoms with Crippen LogP contribution in [0.5, 0.6) is 0 Å². The summed E-state index contributed by atoms with van der Waals surface area (Å²) in [6.07, 6.45) is 2.57. The number of aromatic nitrogens is 2. The first kappa shape index (κ1) is 14.3. The van der Waals surface area contributed by atoms with Crippen molar-refractivity contribution in [1.29, 1.82) is 0 Å². The fraction of sp³-hybridized carbons (Fsp3) is 0.556. The van der Waals surface area contributed by atoms with Crippen molar-refractivity contribution in [3.63, 3.8) is 0 Å². The second-order valence-electron chi connectivity index (χ2n) is 3.82. The Bertz CT molecular complexity index is 460. The molecule has 0 aliphatic carbocycles. The molecular weight excluding hydrogens is 269 g/mol. The van der Waals surface area contributed by atoms with Gasteiger partial charge in [0.05, 0.1) is 18.1 Å². The second kappa shape index (κ2) is 5.70. The summed E-state index contributed by atoms with van der Waals surface area (Å²) in [7, 11) is -3.49. The summed E-state index contributed by atoms with van der Waals surface area (Å²) in [6.45, 7) is 1.53. The van der Waals surface area contributed by atoms with E-state index in [0.717, 1.165) is 25.4 Å². The smallest absolute Gasteiger partial charge is 0.247 e. The molecule has 1 aromatic rings. The van der Waals surface area contributed by atoms with Crippen LogP contribution in [0.1, 0.15) is 6.42 Å². The van der Waals surface area contributed by atoms with Crippen molar-refractivity contribution >= 4 is 22.2 Å². The fourth-order valence-electron chi connectivity index (χ4n) is 1.70. The lowest BCUT2D eigenvalue weighted by molar-refractivity contribution is 0.557. The Morgan fingerprint density at radius 1 is 1.41 bits per heavy atom. The van der Waals surface area contributed by atoms with Gasteiger partial charge in [-0.3, -0.25) is 0 Å². The van der Waals surface area contributed by atoms with Gasteiger partial charge in [0.15, 0.2) is 5.82 Å². The molecule has 0 saturated carbocycles. The highest BCUT2D eigenvalue weighted by atomic mass is 35.5. The van der Waals surface area contributed by atoms with Crippen molar-refractivity contribution in [1.82, 2.24) is 15.3 Å². The summed E-state index contributed by atoms with van der Waals surface area (Å²) in [4.78, 5) is 7.00. The monoisotopic (exact) mass is 281 g/mol. The minimum Gasteiger partial charge on any atom is -0.316 e. The maximum Gasteiger partial charge on any atom is 0.247 e. The van der Waals surface area contributed by atoms with E-state index in [1.54, 1.807) is 0 Å². The Hall–Kier alpha value is -0.790. The van der Waals surface area contributed by atoms with E-state index < -0.39 is 15.7 Å². The van der Waals surface area contributed by atoms with Crippen LogP contribution < -0.4 is 5.32 Å². The molecule has 0 aromatic carbocycles. The van der Waals surface area contributed by atoms with Crippen LogP contribution >= 0.6 is 12.4 Å². The first-order valence-electron chi connectivity index (χ1n) is 4.99. The number of hydrogen-bond acceptors (Lipinski definition) is 5. The standard InChI is InChI=1S/C9H12FN3O2S.ClH/c10-8-4-12-9(13-5-8)16(14,15)6-7-1-2-11-3-7;/h4-5,7,11H,1-3,6H2;1H. The van der Waals surface area contributed by atoms with Gasteiger partial charge in [0, 0.05) is 0 Å². The van der Waals surface area contributed by atoms with Gasteiger partial charge in [-0.2, -0.15) is 0 Å². The van der Waals surface area contributed by atoms with Gasteiger partial charge in [-0.25, -0.2) is 22.8 Å². The van der Waals surface area contributed by atoms with E-state index in [1.165, 1.54) is 0 Å². The lowest BCUT2D eigenvalue weighted by Crippen LogP contribution is -2.20. The van der Waals surface area contributed by atoms with Crippen LogP contribution in [0.15, 0.2) is 17.6 Å². The van der Waals surface area contributed by atoms with Gasteiger partial charge >= 0.3 is 0 Å². The topological polar surface area (TPSA) is 72.0 Å². The van der Waals surface area contributed by atoms with Crippen LogP contribution in [0, 0.1) is 11.7 Å².